The van der Waals surface area contributed by atoms with Gasteiger partial charge in [-0.1, -0.05) is 37.7 Å². The van der Waals surface area contributed by atoms with E-state index < -0.39 is 10.0 Å². The minimum atomic E-state index is -3.80. The summed E-state index contributed by atoms with van der Waals surface area (Å²) in [6.45, 7) is 4.79. The molecule has 1 amide bonds. The molecule has 2 N–H and O–H groups in total. The van der Waals surface area contributed by atoms with Crippen molar-refractivity contribution in [1.29, 1.82) is 0 Å². The minimum absolute atomic E-state index is 0.0504. The first kappa shape index (κ1) is 18.0. The van der Waals surface area contributed by atoms with Gasteiger partial charge >= 0.3 is 0 Å². The van der Waals surface area contributed by atoms with E-state index in [1.165, 1.54) is 17.8 Å². The lowest BCUT2D eigenvalue weighted by atomic mass is 10.1. The highest BCUT2D eigenvalue weighted by Gasteiger charge is 2.28. The van der Waals surface area contributed by atoms with Crippen LogP contribution < -0.4 is 10.0 Å². The Morgan fingerprint density at radius 3 is 2.52 bits per heavy atom. The van der Waals surface area contributed by atoms with Crippen LogP contribution in [0, 0.1) is 5.92 Å². The van der Waals surface area contributed by atoms with Crippen LogP contribution in [0.3, 0.4) is 0 Å². The number of amides is 1. The van der Waals surface area contributed by atoms with Gasteiger partial charge in [0.25, 0.3) is 5.91 Å². The van der Waals surface area contributed by atoms with Gasteiger partial charge in [0.15, 0.2) is 0 Å². The molecule has 3 rings (SSSR count). The van der Waals surface area contributed by atoms with Crippen molar-refractivity contribution in [3.8, 4) is 0 Å². The lowest BCUT2D eigenvalue weighted by Gasteiger charge is -2.24. The fourth-order valence-corrected chi connectivity index (χ4v) is 4.42. The number of nitrogens with zero attached hydrogens (tertiary/aromatic N) is 1. The zero-order valence-corrected chi connectivity index (χ0v) is 15.7. The molecule has 0 fully saturated rings. The average Bonchev–Trinajstić information content (AvgIpc) is 2.66. The van der Waals surface area contributed by atoms with Crippen molar-refractivity contribution in [2.75, 3.05) is 11.4 Å². The van der Waals surface area contributed by atoms with Crippen LogP contribution in [0.5, 0.6) is 0 Å². The molecule has 1 aliphatic heterocycles. The maximum Gasteiger partial charge on any atom is 0.259 e. The fraction of sp³-hybridized carbons (Fsp3) is 0.278. The van der Waals surface area contributed by atoms with Crippen molar-refractivity contribution in [3.63, 3.8) is 0 Å². The van der Waals surface area contributed by atoms with Gasteiger partial charge in [-0.05, 0) is 42.7 Å². The van der Waals surface area contributed by atoms with Gasteiger partial charge in [0.1, 0.15) is 0 Å². The first-order valence-electron chi connectivity index (χ1n) is 8.03. The van der Waals surface area contributed by atoms with E-state index in [2.05, 4.69) is 13.8 Å². The van der Waals surface area contributed by atoms with Crippen LogP contribution in [-0.2, 0) is 10.0 Å². The van der Waals surface area contributed by atoms with Crippen molar-refractivity contribution < 1.29 is 13.2 Å². The monoisotopic (exact) mass is 376 g/mol. The SMILES string of the molecule is CC(C)CCN1C(=O)c2ccccc2Sc2cc(S(N)(=O)=O)ccc21. The Morgan fingerprint density at radius 2 is 1.84 bits per heavy atom. The molecule has 0 unspecified atom stereocenters. The maximum atomic E-state index is 13.1. The van der Waals surface area contributed by atoms with E-state index in [-0.39, 0.29) is 10.8 Å². The maximum absolute atomic E-state index is 13.1. The van der Waals surface area contributed by atoms with Gasteiger partial charge in [0.05, 0.1) is 16.1 Å². The zero-order chi connectivity index (χ0) is 18.2. The fourth-order valence-electron chi connectivity index (χ4n) is 2.69. The van der Waals surface area contributed by atoms with Gasteiger partial charge in [-0.2, -0.15) is 0 Å². The summed E-state index contributed by atoms with van der Waals surface area (Å²) in [5, 5.41) is 5.27. The predicted octanol–water partition coefficient (Wildman–Crippen LogP) is 3.49. The smallest absolute Gasteiger partial charge is 0.259 e. The normalized spacial score (nSPS) is 14.2. The predicted molar refractivity (Wildman–Crippen MR) is 99.5 cm³/mol. The third kappa shape index (κ3) is 3.73. The summed E-state index contributed by atoms with van der Waals surface area (Å²) in [5.41, 5.74) is 1.35. The number of hydrogen-bond acceptors (Lipinski definition) is 4. The molecule has 7 heteroatoms. The number of carbonyl (C=O) groups excluding carboxylic acids is 1. The molecule has 0 bridgehead atoms. The second kappa shape index (κ2) is 6.82. The lowest BCUT2D eigenvalue weighted by molar-refractivity contribution is 0.0983. The van der Waals surface area contributed by atoms with Gasteiger partial charge in [0, 0.05) is 16.3 Å². The molecule has 132 valence electrons. The van der Waals surface area contributed by atoms with Crippen LogP contribution >= 0.6 is 11.8 Å². The molecule has 0 atom stereocenters. The highest BCUT2D eigenvalue weighted by Crippen LogP contribution is 2.42. The number of rotatable bonds is 4. The van der Waals surface area contributed by atoms with E-state index >= 15 is 0 Å². The van der Waals surface area contributed by atoms with Crippen molar-refractivity contribution in [2.45, 2.75) is 35.0 Å². The Morgan fingerprint density at radius 1 is 1.12 bits per heavy atom. The summed E-state index contributed by atoms with van der Waals surface area (Å²) in [6, 6.07) is 12.1. The van der Waals surface area contributed by atoms with Crippen LogP contribution in [0.2, 0.25) is 0 Å². The summed E-state index contributed by atoms with van der Waals surface area (Å²) in [7, 11) is -3.80. The number of benzene rings is 2. The van der Waals surface area contributed by atoms with E-state index in [0.717, 1.165) is 17.0 Å². The topological polar surface area (TPSA) is 80.5 Å². The molecule has 0 saturated carbocycles. The molecule has 0 aliphatic carbocycles. The van der Waals surface area contributed by atoms with Crippen LogP contribution in [-0.4, -0.2) is 20.9 Å². The Hall–Kier alpha value is -1.83. The number of primary sulfonamides is 1. The molecule has 0 saturated heterocycles. The van der Waals surface area contributed by atoms with Gasteiger partial charge in [-0.25, -0.2) is 13.6 Å². The van der Waals surface area contributed by atoms with Crippen molar-refractivity contribution in [2.24, 2.45) is 11.1 Å². The van der Waals surface area contributed by atoms with E-state index in [9.17, 15) is 13.2 Å². The summed E-state index contributed by atoms with van der Waals surface area (Å²) in [4.78, 5) is 16.4. The number of fused-ring (bicyclic) bond motifs is 2. The van der Waals surface area contributed by atoms with Crippen LogP contribution in [0.25, 0.3) is 0 Å². The van der Waals surface area contributed by atoms with Crippen LogP contribution in [0.15, 0.2) is 57.2 Å². The summed E-state index contributed by atoms with van der Waals surface area (Å²) >= 11 is 1.39. The van der Waals surface area contributed by atoms with Gasteiger partial charge in [-0.3, -0.25) is 4.79 Å². The highest BCUT2D eigenvalue weighted by atomic mass is 32.2. The van der Waals surface area contributed by atoms with Crippen LogP contribution in [0.1, 0.15) is 30.6 Å². The number of carbonyl (C=O) groups is 1. The summed E-state index contributed by atoms with van der Waals surface area (Å²) in [5.74, 6) is 0.386. The van der Waals surface area contributed by atoms with E-state index in [4.69, 9.17) is 5.14 Å². The second-order valence-electron chi connectivity index (χ2n) is 6.41. The van der Waals surface area contributed by atoms with Crippen molar-refractivity contribution in [3.05, 3.63) is 48.0 Å². The summed E-state index contributed by atoms with van der Waals surface area (Å²) in [6.07, 6.45) is 0.856. The third-order valence-electron chi connectivity index (χ3n) is 4.06. The van der Waals surface area contributed by atoms with Crippen molar-refractivity contribution in [1.82, 2.24) is 0 Å². The minimum Gasteiger partial charge on any atom is -0.307 e. The molecule has 25 heavy (non-hydrogen) atoms. The van der Waals surface area contributed by atoms with Crippen molar-refractivity contribution >= 4 is 33.4 Å². The largest absolute Gasteiger partial charge is 0.307 e. The molecule has 1 heterocycles. The molecule has 0 radical (unpaired) electrons. The van der Waals surface area contributed by atoms with E-state index in [1.807, 2.05) is 18.2 Å². The molecule has 2 aromatic carbocycles. The van der Waals surface area contributed by atoms with Gasteiger partial charge < -0.3 is 4.90 Å². The lowest BCUT2D eigenvalue weighted by Crippen LogP contribution is -2.32. The first-order chi connectivity index (χ1) is 11.8. The summed E-state index contributed by atoms with van der Waals surface area (Å²) < 4.78 is 23.4. The van der Waals surface area contributed by atoms with Gasteiger partial charge in [0.2, 0.25) is 10.0 Å². The number of sulfonamides is 1. The molecule has 2 aromatic rings. The molecule has 5 nitrogen and oxygen atoms in total. The molecule has 0 aromatic heterocycles. The standard InChI is InChI=1S/C18H20N2O3S2/c1-12(2)9-10-20-15-8-7-13(25(19,22)23)11-17(15)24-16-6-4-3-5-14(16)18(20)21/h3-8,11-12H,9-10H2,1-2H3,(H2,19,22,23). The first-order valence-corrected chi connectivity index (χ1v) is 10.4. The van der Waals surface area contributed by atoms with E-state index in [1.54, 1.807) is 23.1 Å². The zero-order valence-electron chi connectivity index (χ0n) is 14.1. The molecular weight excluding hydrogens is 356 g/mol. The average molecular weight is 377 g/mol. The molecule has 1 aliphatic rings. The van der Waals surface area contributed by atoms with Gasteiger partial charge in [-0.15, -0.1) is 0 Å². The third-order valence-corrected chi connectivity index (χ3v) is 6.10. The highest BCUT2D eigenvalue weighted by molar-refractivity contribution is 7.99. The Balaban J connectivity index is 2.15. The number of nitrogens with two attached hydrogens (primary N) is 1. The Bertz CT molecular complexity index is 924. The van der Waals surface area contributed by atoms with E-state index in [0.29, 0.717) is 22.9 Å². The number of anilines is 1. The number of hydrogen-bond donors (Lipinski definition) is 1. The second-order valence-corrected chi connectivity index (χ2v) is 9.06. The Labute approximate surface area is 152 Å². The quantitative estimate of drug-likeness (QED) is 0.886. The Kier molecular flexibility index (Phi) is 4.90. The van der Waals surface area contributed by atoms with Crippen LogP contribution in [0.4, 0.5) is 5.69 Å². The molecular formula is C18H20N2O3S2. The molecule has 0 spiro atoms.